The molecule has 5 atom stereocenters. The van der Waals surface area contributed by atoms with E-state index in [1.54, 1.807) is 6.92 Å². The summed E-state index contributed by atoms with van der Waals surface area (Å²) in [6.45, 7) is 3.66. The first-order valence-corrected chi connectivity index (χ1v) is 11.7. The molecule has 1 aromatic rings. The standard InChI is InChI=1S/C24H31N3O4/c1-3-14-10-11-17-16(12-14)24(23(31)25-17)19-18(20(26-24)13(2)28)21(29)27(22(19)30)15-8-6-4-5-7-9-15/h10-13,15,18-20,26,28H,3-9H2,1-2H3,(H,25,31)/t13?,18-,19-,20?,24?/m0/s1. The number of carbonyl (C=O) groups is 3. The largest absolute Gasteiger partial charge is 0.392 e. The Kier molecular flexibility index (Phi) is 4.94. The van der Waals surface area contributed by atoms with E-state index in [1.807, 2.05) is 25.1 Å². The lowest BCUT2D eigenvalue weighted by molar-refractivity contribution is -0.146. The Labute approximate surface area is 182 Å². The second-order valence-corrected chi connectivity index (χ2v) is 9.60. The minimum Gasteiger partial charge on any atom is -0.392 e. The lowest BCUT2D eigenvalue weighted by atomic mass is 9.76. The lowest BCUT2D eigenvalue weighted by Crippen LogP contribution is -2.55. The molecule has 1 spiro atoms. The predicted molar refractivity (Wildman–Crippen MR) is 115 cm³/mol. The Morgan fingerprint density at radius 2 is 1.84 bits per heavy atom. The quantitative estimate of drug-likeness (QED) is 0.509. The summed E-state index contributed by atoms with van der Waals surface area (Å²) in [7, 11) is 0. The second-order valence-electron chi connectivity index (χ2n) is 9.60. The third-order valence-electron chi connectivity index (χ3n) is 7.87. The van der Waals surface area contributed by atoms with Crippen molar-refractivity contribution in [2.24, 2.45) is 11.8 Å². The van der Waals surface area contributed by atoms with Gasteiger partial charge in [0.2, 0.25) is 17.7 Å². The predicted octanol–water partition coefficient (Wildman–Crippen LogP) is 2.07. The van der Waals surface area contributed by atoms with Crippen LogP contribution in [0, 0.1) is 11.8 Å². The molecule has 31 heavy (non-hydrogen) atoms. The minimum atomic E-state index is -1.32. The summed E-state index contributed by atoms with van der Waals surface area (Å²) in [5, 5.41) is 16.8. The Morgan fingerprint density at radius 3 is 2.48 bits per heavy atom. The highest BCUT2D eigenvalue weighted by atomic mass is 16.3. The van der Waals surface area contributed by atoms with Crippen LogP contribution in [0.5, 0.6) is 0 Å². The Balaban J connectivity index is 1.63. The summed E-state index contributed by atoms with van der Waals surface area (Å²) >= 11 is 0. The third-order valence-corrected chi connectivity index (χ3v) is 7.87. The average Bonchev–Trinajstić information content (AvgIpc) is 3.23. The zero-order valence-corrected chi connectivity index (χ0v) is 18.2. The molecule has 5 rings (SSSR count). The van der Waals surface area contributed by atoms with Gasteiger partial charge in [-0.3, -0.25) is 24.6 Å². The number of hydrogen-bond donors (Lipinski definition) is 3. The second kappa shape index (κ2) is 7.41. The van der Waals surface area contributed by atoms with Crippen LogP contribution in [0.3, 0.4) is 0 Å². The van der Waals surface area contributed by atoms with Crippen molar-refractivity contribution in [3.8, 4) is 0 Å². The summed E-state index contributed by atoms with van der Waals surface area (Å²) < 4.78 is 0. The summed E-state index contributed by atoms with van der Waals surface area (Å²) in [6, 6.07) is 5.05. The molecule has 3 aliphatic heterocycles. The molecule has 3 unspecified atom stereocenters. The fourth-order valence-electron chi connectivity index (χ4n) is 6.31. The number of aryl methyl sites for hydroxylation is 1. The van der Waals surface area contributed by atoms with Gasteiger partial charge in [-0.15, -0.1) is 0 Å². The van der Waals surface area contributed by atoms with Gasteiger partial charge in [0.25, 0.3) is 0 Å². The number of carbonyl (C=O) groups excluding carboxylic acids is 3. The van der Waals surface area contributed by atoms with Crippen LogP contribution < -0.4 is 10.6 Å². The van der Waals surface area contributed by atoms with E-state index in [2.05, 4.69) is 10.6 Å². The lowest BCUT2D eigenvalue weighted by Gasteiger charge is -2.32. The number of aliphatic hydroxyl groups excluding tert-OH is 1. The molecule has 1 aromatic carbocycles. The van der Waals surface area contributed by atoms with Gasteiger partial charge in [0, 0.05) is 23.3 Å². The van der Waals surface area contributed by atoms with Crippen molar-refractivity contribution in [1.82, 2.24) is 10.2 Å². The number of rotatable bonds is 3. The molecule has 1 saturated carbocycles. The zero-order chi connectivity index (χ0) is 21.9. The molecule has 3 N–H and O–H groups in total. The van der Waals surface area contributed by atoms with Crippen LogP contribution in [-0.4, -0.2) is 45.9 Å². The minimum absolute atomic E-state index is 0.106. The molecule has 166 valence electrons. The Bertz CT molecular complexity index is 937. The number of hydrogen-bond acceptors (Lipinski definition) is 5. The van der Waals surface area contributed by atoms with E-state index in [1.165, 1.54) is 4.90 Å². The maximum Gasteiger partial charge on any atom is 0.250 e. The molecule has 7 nitrogen and oxygen atoms in total. The first kappa shape index (κ1) is 20.6. The molecule has 4 aliphatic rings. The van der Waals surface area contributed by atoms with E-state index in [0.717, 1.165) is 56.1 Å². The van der Waals surface area contributed by atoms with Gasteiger partial charge in [-0.25, -0.2) is 0 Å². The van der Waals surface area contributed by atoms with E-state index in [-0.39, 0.29) is 23.8 Å². The van der Waals surface area contributed by atoms with Gasteiger partial charge in [-0.05, 0) is 37.8 Å². The molecule has 7 heteroatoms. The Morgan fingerprint density at radius 1 is 1.13 bits per heavy atom. The monoisotopic (exact) mass is 425 g/mol. The van der Waals surface area contributed by atoms with E-state index >= 15 is 0 Å². The molecule has 0 radical (unpaired) electrons. The van der Waals surface area contributed by atoms with Gasteiger partial charge in [0.1, 0.15) is 5.54 Å². The van der Waals surface area contributed by atoms with E-state index < -0.39 is 29.5 Å². The van der Waals surface area contributed by atoms with Crippen molar-refractivity contribution >= 4 is 23.4 Å². The van der Waals surface area contributed by atoms with Crippen LogP contribution in [0.4, 0.5) is 5.69 Å². The smallest absolute Gasteiger partial charge is 0.250 e. The number of aliphatic hydroxyl groups is 1. The highest BCUT2D eigenvalue weighted by molar-refractivity contribution is 6.15. The molecule has 3 fully saturated rings. The number of nitrogens with zero attached hydrogens (tertiary/aromatic N) is 1. The van der Waals surface area contributed by atoms with Gasteiger partial charge < -0.3 is 10.4 Å². The first-order valence-electron chi connectivity index (χ1n) is 11.7. The summed E-state index contributed by atoms with van der Waals surface area (Å²) in [4.78, 5) is 42.4. The van der Waals surface area contributed by atoms with Gasteiger partial charge >= 0.3 is 0 Å². The van der Waals surface area contributed by atoms with Crippen LogP contribution in [0.1, 0.15) is 63.5 Å². The summed E-state index contributed by atoms with van der Waals surface area (Å²) in [5.41, 5.74) is 1.14. The van der Waals surface area contributed by atoms with Gasteiger partial charge in [0.15, 0.2) is 0 Å². The van der Waals surface area contributed by atoms with Crippen LogP contribution in [0.25, 0.3) is 0 Å². The summed E-state index contributed by atoms with van der Waals surface area (Å²) in [5.74, 6) is -2.38. The van der Waals surface area contributed by atoms with Crippen LogP contribution in [-0.2, 0) is 26.3 Å². The van der Waals surface area contributed by atoms with Crippen LogP contribution in [0.2, 0.25) is 0 Å². The molecular formula is C24H31N3O4. The highest BCUT2D eigenvalue weighted by Gasteiger charge is 2.71. The van der Waals surface area contributed by atoms with Crippen molar-refractivity contribution in [2.75, 3.05) is 5.32 Å². The van der Waals surface area contributed by atoms with Crippen molar-refractivity contribution < 1.29 is 19.5 Å². The van der Waals surface area contributed by atoms with Crippen LogP contribution >= 0.6 is 0 Å². The van der Waals surface area contributed by atoms with Crippen molar-refractivity contribution in [3.63, 3.8) is 0 Å². The van der Waals surface area contributed by atoms with E-state index in [9.17, 15) is 19.5 Å². The molecule has 0 bridgehead atoms. The highest BCUT2D eigenvalue weighted by Crippen LogP contribution is 2.54. The van der Waals surface area contributed by atoms with Crippen molar-refractivity contribution in [3.05, 3.63) is 29.3 Å². The SMILES string of the molecule is CCc1ccc2c(c1)C1(NC(C(C)O)[C@H]3C(=O)N(C4CCCCCC4)C(=O)[C@H]31)C(=O)N2. The molecule has 0 aromatic heterocycles. The molecule has 1 aliphatic carbocycles. The Hall–Kier alpha value is -2.25. The summed E-state index contributed by atoms with van der Waals surface area (Å²) in [6.07, 6.45) is 5.82. The number of imide groups is 1. The number of nitrogens with one attached hydrogen (secondary N) is 2. The van der Waals surface area contributed by atoms with E-state index in [4.69, 9.17) is 0 Å². The number of fused-ring (bicyclic) bond motifs is 4. The maximum absolute atomic E-state index is 13.9. The molecule has 2 saturated heterocycles. The van der Waals surface area contributed by atoms with Gasteiger partial charge in [-0.2, -0.15) is 0 Å². The fourth-order valence-corrected chi connectivity index (χ4v) is 6.31. The van der Waals surface area contributed by atoms with Crippen molar-refractivity contribution in [2.45, 2.75) is 82.5 Å². The zero-order valence-electron chi connectivity index (χ0n) is 18.2. The first-order chi connectivity index (χ1) is 14.9. The number of anilines is 1. The number of amides is 3. The van der Waals surface area contributed by atoms with Gasteiger partial charge in [0.05, 0.1) is 17.9 Å². The topological polar surface area (TPSA) is 98.7 Å². The number of benzene rings is 1. The maximum atomic E-state index is 13.9. The molecule has 3 amide bonds. The van der Waals surface area contributed by atoms with E-state index in [0.29, 0.717) is 5.69 Å². The van der Waals surface area contributed by atoms with Gasteiger partial charge in [-0.1, -0.05) is 44.7 Å². The normalized spacial score (nSPS) is 34.1. The number of likely N-dealkylation sites (tertiary alicyclic amines) is 1. The van der Waals surface area contributed by atoms with Crippen LogP contribution in [0.15, 0.2) is 18.2 Å². The molecule has 3 heterocycles. The fraction of sp³-hybridized carbons (Fsp3) is 0.625. The van der Waals surface area contributed by atoms with Crippen molar-refractivity contribution in [1.29, 1.82) is 0 Å². The molecular weight excluding hydrogens is 394 g/mol. The third kappa shape index (κ3) is 2.82. The average molecular weight is 426 g/mol.